The highest BCUT2D eigenvalue weighted by atomic mass is 16.4. The third-order valence-corrected chi connectivity index (χ3v) is 3.61. The lowest BCUT2D eigenvalue weighted by Crippen LogP contribution is -2.40. The summed E-state index contributed by atoms with van der Waals surface area (Å²) in [5.74, 6) is -1.54. The number of carbonyl (C=O) groups is 2. The summed E-state index contributed by atoms with van der Waals surface area (Å²) in [6, 6.07) is 0. The molecule has 0 saturated heterocycles. The van der Waals surface area contributed by atoms with Crippen molar-refractivity contribution in [3.8, 4) is 0 Å². The van der Waals surface area contributed by atoms with Crippen molar-refractivity contribution in [2.45, 2.75) is 46.3 Å². The van der Waals surface area contributed by atoms with E-state index in [-0.39, 0.29) is 17.7 Å². The van der Waals surface area contributed by atoms with Crippen molar-refractivity contribution in [1.29, 1.82) is 0 Å². The number of aliphatic carboxylic acids is 1. The van der Waals surface area contributed by atoms with Crippen LogP contribution in [0.5, 0.6) is 0 Å². The average Bonchev–Trinajstić information content (AvgIpc) is 3.03. The first kappa shape index (κ1) is 19.2. The zero-order chi connectivity index (χ0) is 19.3. The summed E-state index contributed by atoms with van der Waals surface area (Å²) in [4.78, 5) is 54.1. The first-order valence-corrected chi connectivity index (χ1v) is 8.30. The van der Waals surface area contributed by atoms with Crippen molar-refractivity contribution >= 4 is 23.0 Å². The predicted octanol–water partition coefficient (Wildman–Crippen LogP) is -0.0367. The minimum absolute atomic E-state index is 0.0367. The van der Waals surface area contributed by atoms with E-state index in [0.29, 0.717) is 31.8 Å². The van der Waals surface area contributed by atoms with Crippen molar-refractivity contribution in [2.24, 2.45) is 0 Å². The molecule has 0 bridgehead atoms. The van der Waals surface area contributed by atoms with Gasteiger partial charge in [-0.15, -0.1) is 0 Å². The lowest BCUT2D eigenvalue weighted by molar-refractivity contribution is -0.131. The maximum Gasteiger partial charge on any atom is 0.332 e. The standard InChI is InChI=1S/C16H21N5O5/c1-3-7-20-14-13(15(25)21(8-4-2)16(20)26)18-10(19-14)9-17-11(22)5-6-12(23)24/h5-6H,3-4,7-9H2,1-2H3,(H,17,22)(H,18,19)(H,23,24)/b6-5+. The van der Waals surface area contributed by atoms with E-state index in [9.17, 15) is 19.2 Å². The second-order valence-electron chi connectivity index (χ2n) is 5.66. The molecule has 2 aromatic heterocycles. The molecule has 0 aliphatic heterocycles. The highest BCUT2D eigenvalue weighted by Gasteiger charge is 2.16. The molecule has 10 heteroatoms. The number of fused-ring (bicyclic) bond motifs is 1. The number of nitrogens with zero attached hydrogens (tertiary/aromatic N) is 3. The molecule has 2 heterocycles. The lowest BCUT2D eigenvalue weighted by atomic mass is 10.4. The number of nitrogens with one attached hydrogen (secondary N) is 2. The summed E-state index contributed by atoms with van der Waals surface area (Å²) in [5, 5.41) is 11.0. The number of aromatic nitrogens is 4. The van der Waals surface area contributed by atoms with Gasteiger partial charge in [-0.2, -0.15) is 0 Å². The highest BCUT2D eigenvalue weighted by molar-refractivity contribution is 5.93. The van der Waals surface area contributed by atoms with Crippen molar-refractivity contribution in [1.82, 2.24) is 24.4 Å². The number of hydrogen-bond donors (Lipinski definition) is 3. The molecule has 140 valence electrons. The van der Waals surface area contributed by atoms with Gasteiger partial charge in [0.2, 0.25) is 5.91 Å². The molecule has 10 nitrogen and oxygen atoms in total. The minimum atomic E-state index is -1.23. The van der Waals surface area contributed by atoms with E-state index in [4.69, 9.17) is 5.11 Å². The Labute approximate surface area is 148 Å². The van der Waals surface area contributed by atoms with E-state index in [1.54, 1.807) is 0 Å². The largest absolute Gasteiger partial charge is 0.478 e. The number of aromatic amines is 1. The Hall–Kier alpha value is -3.17. The predicted molar refractivity (Wildman–Crippen MR) is 93.8 cm³/mol. The molecule has 3 N–H and O–H groups in total. The Morgan fingerprint density at radius 1 is 1.15 bits per heavy atom. The van der Waals surface area contributed by atoms with Crippen LogP contribution in [0.1, 0.15) is 32.5 Å². The number of hydrogen-bond acceptors (Lipinski definition) is 5. The summed E-state index contributed by atoms with van der Waals surface area (Å²) in [5.41, 5.74) is -0.399. The molecule has 2 aromatic rings. The Kier molecular flexibility index (Phi) is 6.10. The first-order chi connectivity index (χ1) is 12.4. The summed E-state index contributed by atoms with van der Waals surface area (Å²) < 4.78 is 2.62. The number of rotatable bonds is 8. The fourth-order valence-corrected chi connectivity index (χ4v) is 2.52. The van der Waals surface area contributed by atoms with Gasteiger partial charge >= 0.3 is 11.7 Å². The van der Waals surface area contributed by atoms with Gasteiger partial charge in [0, 0.05) is 25.2 Å². The van der Waals surface area contributed by atoms with Crippen LogP contribution in [0.3, 0.4) is 0 Å². The molecule has 0 atom stereocenters. The second kappa shape index (κ2) is 8.28. The molecule has 0 unspecified atom stereocenters. The number of imidazole rings is 1. The van der Waals surface area contributed by atoms with Crippen LogP contribution in [0.25, 0.3) is 11.2 Å². The van der Waals surface area contributed by atoms with Crippen LogP contribution >= 0.6 is 0 Å². The van der Waals surface area contributed by atoms with Gasteiger partial charge in [-0.25, -0.2) is 14.6 Å². The normalized spacial score (nSPS) is 11.3. The number of amides is 1. The van der Waals surface area contributed by atoms with Crippen LogP contribution in [0.2, 0.25) is 0 Å². The number of H-pyrrole nitrogens is 1. The summed E-state index contributed by atoms with van der Waals surface area (Å²) in [7, 11) is 0. The monoisotopic (exact) mass is 363 g/mol. The van der Waals surface area contributed by atoms with Crippen molar-refractivity contribution in [3.05, 3.63) is 38.8 Å². The Morgan fingerprint density at radius 2 is 1.81 bits per heavy atom. The molecule has 0 aromatic carbocycles. The van der Waals surface area contributed by atoms with Crippen LogP contribution in [0.4, 0.5) is 0 Å². The maximum atomic E-state index is 12.5. The Bertz CT molecular complexity index is 966. The van der Waals surface area contributed by atoms with Gasteiger partial charge in [0.05, 0.1) is 6.54 Å². The zero-order valence-corrected chi connectivity index (χ0v) is 14.6. The van der Waals surface area contributed by atoms with Gasteiger partial charge in [-0.1, -0.05) is 13.8 Å². The molecule has 0 aliphatic carbocycles. The molecule has 2 rings (SSSR count). The number of carbonyl (C=O) groups excluding carboxylic acids is 1. The number of carboxylic acids is 1. The molecule has 0 radical (unpaired) electrons. The maximum absolute atomic E-state index is 12.5. The van der Waals surface area contributed by atoms with Gasteiger partial charge in [-0.3, -0.25) is 18.7 Å². The van der Waals surface area contributed by atoms with E-state index in [0.717, 1.165) is 12.2 Å². The topological polar surface area (TPSA) is 139 Å². The quantitative estimate of drug-likeness (QED) is 0.563. The van der Waals surface area contributed by atoms with Gasteiger partial charge in [-0.05, 0) is 12.8 Å². The fraction of sp³-hybridized carbons (Fsp3) is 0.438. The molecule has 1 amide bonds. The Balaban J connectivity index is 2.40. The van der Waals surface area contributed by atoms with E-state index >= 15 is 0 Å². The molecule has 0 fully saturated rings. The number of aryl methyl sites for hydroxylation is 1. The van der Waals surface area contributed by atoms with Crippen LogP contribution in [0, 0.1) is 0 Å². The third-order valence-electron chi connectivity index (χ3n) is 3.61. The molecular formula is C16H21N5O5. The zero-order valence-electron chi connectivity index (χ0n) is 14.6. The second-order valence-corrected chi connectivity index (χ2v) is 5.66. The van der Waals surface area contributed by atoms with Crippen LogP contribution in [-0.2, 0) is 29.2 Å². The SMILES string of the molecule is CCCn1c(=O)c2[nH]c(CNC(=O)/C=C/C(=O)O)nc2n(CCC)c1=O. The van der Waals surface area contributed by atoms with E-state index in [1.165, 1.54) is 9.13 Å². The Morgan fingerprint density at radius 3 is 2.42 bits per heavy atom. The molecule has 0 aliphatic rings. The molecule has 0 spiro atoms. The van der Waals surface area contributed by atoms with Gasteiger partial charge in [0.25, 0.3) is 5.56 Å². The van der Waals surface area contributed by atoms with E-state index in [1.807, 2.05) is 13.8 Å². The van der Waals surface area contributed by atoms with Crippen molar-refractivity contribution < 1.29 is 14.7 Å². The first-order valence-electron chi connectivity index (χ1n) is 8.30. The molecule has 0 saturated carbocycles. The molecular weight excluding hydrogens is 342 g/mol. The van der Waals surface area contributed by atoms with Gasteiger partial charge in [0.1, 0.15) is 11.3 Å². The molecule has 26 heavy (non-hydrogen) atoms. The summed E-state index contributed by atoms with van der Waals surface area (Å²) in [6.45, 7) is 4.47. The lowest BCUT2D eigenvalue weighted by Gasteiger charge is -2.09. The van der Waals surface area contributed by atoms with Crippen molar-refractivity contribution in [2.75, 3.05) is 0 Å². The van der Waals surface area contributed by atoms with Crippen molar-refractivity contribution in [3.63, 3.8) is 0 Å². The highest BCUT2D eigenvalue weighted by Crippen LogP contribution is 2.06. The fourth-order valence-electron chi connectivity index (χ4n) is 2.52. The van der Waals surface area contributed by atoms with E-state index < -0.39 is 23.1 Å². The third kappa shape index (κ3) is 4.08. The van der Waals surface area contributed by atoms with Crippen LogP contribution < -0.4 is 16.6 Å². The summed E-state index contributed by atoms with van der Waals surface area (Å²) in [6.07, 6.45) is 2.93. The van der Waals surface area contributed by atoms with Crippen LogP contribution in [0.15, 0.2) is 21.7 Å². The van der Waals surface area contributed by atoms with Gasteiger partial charge in [0.15, 0.2) is 5.65 Å². The minimum Gasteiger partial charge on any atom is -0.478 e. The van der Waals surface area contributed by atoms with Gasteiger partial charge < -0.3 is 15.4 Å². The van der Waals surface area contributed by atoms with E-state index in [2.05, 4.69) is 15.3 Å². The average molecular weight is 363 g/mol. The number of carboxylic acid groups (broad SMARTS) is 1. The smallest absolute Gasteiger partial charge is 0.332 e. The van der Waals surface area contributed by atoms with Crippen LogP contribution in [-0.4, -0.2) is 36.1 Å². The summed E-state index contributed by atoms with van der Waals surface area (Å²) >= 11 is 0.